The van der Waals surface area contributed by atoms with Gasteiger partial charge in [-0.05, 0) is 34.1 Å². The Morgan fingerprint density at radius 2 is 1.85 bits per heavy atom. The van der Waals surface area contributed by atoms with Crippen LogP contribution in [0.1, 0.15) is 47.5 Å². The zero-order chi connectivity index (χ0) is 15.6. The maximum Gasteiger partial charge on any atom is 0.550 e. The highest BCUT2D eigenvalue weighted by atomic mass is 17.2. The van der Waals surface area contributed by atoms with Gasteiger partial charge in [-0.2, -0.15) is 9.68 Å². The summed E-state index contributed by atoms with van der Waals surface area (Å²) in [6, 6.07) is 0. The molecule has 0 aromatic heterocycles. The van der Waals surface area contributed by atoms with Crippen LogP contribution in [0.4, 0.5) is 4.79 Å². The number of carbonyl (C=O) groups excluding carboxylic acids is 2. The van der Waals surface area contributed by atoms with Crippen LogP contribution in [-0.2, 0) is 29.1 Å². The first kappa shape index (κ1) is 18.2. The van der Waals surface area contributed by atoms with Crippen LogP contribution in [0.5, 0.6) is 0 Å². The van der Waals surface area contributed by atoms with E-state index in [1.165, 1.54) is 0 Å². The lowest BCUT2D eigenvalue weighted by Gasteiger charge is -2.21. The molecule has 0 heterocycles. The van der Waals surface area contributed by atoms with E-state index in [1.54, 1.807) is 13.8 Å². The molecule has 0 saturated heterocycles. The van der Waals surface area contributed by atoms with E-state index in [2.05, 4.69) is 14.5 Å². The van der Waals surface area contributed by atoms with E-state index in [0.717, 1.165) is 25.2 Å². The molecule has 0 aliphatic heterocycles. The number of hydrogen-bond donors (Lipinski definition) is 0. The van der Waals surface area contributed by atoms with Crippen molar-refractivity contribution in [2.45, 2.75) is 59.2 Å². The average Bonchev–Trinajstić information content (AvgIpc) is 2.31. The Kier molecular flexibility index (Phi) is 8.38. The molecule has 0 aliphatic carbocycles. The molecule has 0 aromatic carbocycles. The Morgan fingerprint density at radius 1 is 1.20 bits per heavy atom. The lowest BCUT2D eigenvalue weighted by Crippen LogP contribution is -2.23. The normalized spacial score (nSPS) is 11.5. The Labute approximate surface area is 118 Å². The molecule has 0 amide bonds. The zero-order valence-corrected chi connectivity index (χ0v) is 12.5. The summed E-state index contributed by atoms with van der Waals surface area (Å²) in [5.41, 5.74) is -0.458. The van der Waals surface area contributed by atoms with Crippen LogP contribution < -0.4 is 0 Å². The van der Waals surface area contributed by atoms with Gasteiger partial charge in [-0.25, -0.2) is 14.6 Å². The van der Waals surface area contributed by atoms with Crippen molar-refractivity contribution in [1.29, 1.82) is 0 Å². The summed E-state index contributed by atoms with van der Waals surface area (Å²) in [6.07, 6.45) is 2.18. The monoisotopic (exact) mass is 290 g/mol. The molecule has 0 aromatic rings. The van der Waals surface area contributed by atoms with Crippen molar-refractivity contribution >= 4 is 12.1 Å². The van der Waals surface area contributed by atoms with Crippen LogP contribution >= 0.6 is 0 Å². The summed E-state index contributed by atoms with van der Waals surface area (Å²) in [7, 11) is 0. The molecule has 0 spiro atoms. The topological polar surface area (TPSA) is 80.3 Å². The summed E-state index contributed by atoms with van der Waals surface area (Å²) in [5.74, 6) is -0.928. The maximum atomic E-state index is 11.1. The molecule has 20 heavy (non-hydrogen) atoms. The predicted molar refractivity (Wildman–Crippen MR) is 69.1 cm³/mol. The molecule has 0 unspecified atom stereocenters. The summed E-state index contributed by atoms with van der Waals surface area (Å²) in [4.78, 5) is 40.0. The van der Waals surface area contributed by atoms with Gasteiger partial charge < -0.3 is 9.62 Å². The minimum Gasteiger partial charge on any atom is -0.429 e. The van der Waals surface area contributed by atoms with E-state index in [1.807, 2.05) is 20.8 Å². The molecule has 7 nitrogen and oxygen atoms in total. The first-order chi connectivity index (χ1) is 9.26. The van der Waals surface area contributed by atoms with E-state index >= 15 is 0 Å². The average molecular weight is 290 g/mol. The van der Waals surface area contributed by atoms with Crippen molar-refractivity contribution in [2.75, 3.05) is 0 Å². The Bertz CT molecular complexity index is 334. The lowest BCUT2D eigenvalue weighted by atomic mass is 10.0. The van der Waals surface area contributed by atoms with Gasteiger partial charge in [0.05, 0.1) is 12.2 Å². The highest BCUT2D eigenvalue weighted by Gasteiger charge is 2.18. The highest BCUT2D eigenvalue weighted by molar-refractivity contribution is 5.81. The number of ether oxygens (including phenoxy) is 1. The molecule has 0 radical (unpaired) electrons. The highest BCUT2D eigenvalue weighted by Crippen LogP contribution is 2.16. The Balaban J connectivity index is 3.86. The molecule has 0 bridgehead atoms. The number of hydrogen-bond acceptors (Lipinski definition) is 7. The van der Waals surface area contributed by atoms with Gasteiger partial charge >= 0.3 is 12.1 Å². The van der Waals surface area contributed by atoms with Crippen LogP contribution in [0, 0.1) is 0 Å². The molecule has 0 rings (SSSR count). The third-order valence-corrected chi connectivity index (χ3v) is 1.91. The van der Waals surface area contributed by atoms with E-state index in [0.29, 0.717) is 0 Å². The van der Waals surface area contributed by atoms with Crippen LogP contribution in [-0.4, -0.2) is 23.8 Å². The molecular formula is C13H22O7. The van der Waals surface area contributed by atoms with E-state index in [9.17, 15) is 9.59 Å². The second-order valence-electron chi connectivity index (χ2n) is 4.89. The van der Waals surface area contributed by atoms with Crippen molar-refractivity contribution in [3.63, 3.8) is 0 Å². The van der Waals surface area contributed by atoms with Crippen molar-refractivity contribution in [3.8, 4) is 0 Å². The van der Waals surface area contributed by atoms with Gasteiger partial charge in [0, 0.05) is 0 Å². The molecule has 0 N–H and O–H groups in total. The van der Waals surface area contributed by atoms with E-state index in [4.69, 9.17) is 9.78 Å². The van der Waals surface area contributed by atoms with Crippen molar-refractivity contribution in [2.24, 2.45) is 0 Å². The largest absolute Gasteiger partial charge is 0.550 e. The SMILES string of the molecule is CCCC(C)(C)OOC=CC(=O)OOC(=O)OC(C)C. The van der Waals surface area contributed by atoms with Gasteiger partial charge in [0.25, 0.3) is 0 Å². The van der Waals surface area contributed by atoms with Gasteiger partial charge in [0.2, 0.25) is 0 Å². The second kappa shape index (κ2) is 9.19. The fourth-order valence-electron chi connectivity index (χ4n) is 1.20. The van der Waals surface area contributed by atoms with Crippen LogP contribution in [0.2, 0.25) is 0 Å². The molecule has 0 aliphatic rings. The summed E-state index contributed by atoms with van der Waals surface area (Å²) in [6.45, 7) is 8.99. The fourth-order valence-corrected chi connectivity index (χ4v) is 1.20. The molecule has 0 fully saturated rings. The van der Waals surface area contributed by atoms with Crippen LogP contribution in [0.15, 0.2) is 12.3 Å². The maximum absolute atomic E-state index is 11.1. The minimum absolute atomic E-state index is 0.366. The summed E-state index contributed by atoms with van der Waals surface area (Å²) >= 11 is 0. The van der Waals surface area contributed by atoms with Gasteiger partial charge in [0.15, 0.2) is 0 Å². The molecule has 0 saturated carbocycles. The first-order valence-corrected chi connectivity index (χ1v) is 6.37. The van der Waals surface area contributed by atoms with Crippen LogP contribution in [0.3, 0.4) is 0 Å². The standard InChI is InChI=1S/C13H22O7/c1-6-8-13(4,5)20-16-9-7-11(14)18-19-12(15)17-10(2)3/h7,9-10H,6,8H2,1-5H3. The van der Waals surface area contributed by atoms with Crippen molar-refractivity contribution in [3.05, 3.63) is 12.3 Å². The second-order valence-corrected chi connectivity index (χ2v) is 4.89. The van der Waals surface area contributed by atoms with Crippen molar-refractivity contribution in [1.82, 2.24) is 0 Å². The van der Waals surface area contributed by atoms with E-state index in [-0.39, 0.29) is 6.10 Å². The smallest absolute Gasteiger partial charge is 0.429 e. The van der Waals surface area contributed by atoms with Gasteiger partial charge in [-0.1, -0.05) is 13.3 Å². The fraction of sp³-hybridized carbons (Fsp3) is 0.692. The number of carbonyl (C=O) groups is 2. The zero-order valence-electron chi connectivity index (χ0n) is 12.5. The molecule has 116 valence electrons. The lowest BCUT2D eigenvalue weighted by molar-refractivity contribution is -0.317. The van der Waals surface area contributed by atoms with Gasteiger partial charge in [-0.3, -0.25) is 0 Å². The Hall–Kier alpha value is -1.76. The van der Waals surface area contributed by atoms with Gasteiger partial charge in [0.1, 0.15) is 11.9 Å². The van der Waals surface area contributed by atoms with E-state index < -0.39 is 17.7 Å². The van der Waals surface area contributed by atoms with Crippen LogP contribution in [0.25, 0.3) is 0 Å². The van der Waals surface area contributed by atoms with Crippen molar-refractivity contribution < 1.29 is 33.9 Å². The summed E-state index contributed by atoms with van der Waals surface area (Å²) < 4.78 is 4.58. The molecule has 7 heteroatoms. The summed E-state index contributed by atoms with van der Waals surface area (Å²) in [5, 5.41) is 0. The minimum atomic E-state index is -1.09. The third kappa shape index (κ3) is 10.2. The first-order valence-electron chi connectivity index (χ1n) is 6.37. The number of rotatable bonds is 7. The molecular weight excluding hydrogens is 268 g/mol. The van der Waals surface area contributed by atoms with Gasteiger partial charge in [-0.15, -0.1) is 0 Å². The Morgan fingerprint density at radius 3 is 2.40 bits per heavy atom. The predicted octanol–water partition coefficient (Wildman–Crippen LogP) is 3.05. The third-order valence-electron chi connectivity index (χ3n) is 1.91. The quantitative estimate of drug-likeness (QED) is 0.234. The molecule has 0 atom stereocenters.